The Kier molecular flexibility index (Phi) is 25.4. The number of carbonyl (C=O) groups is 4. The molecule has 0 aromatic carbocycles. The maximum atomic E-state index is 12.1. The lowest BCUT2D eigenvalue weighted by Crippen LogP contribution is -2.36. The second kappa shape index (κ2) is 25.2. The molecule has 0 radical (unpaired) electrons. The van der Waals surface area contributed by atoms with Gasteiger partial charge in [-0.2, -0.15) is 0 Å². The molecule has 1 unspecified atom stereocenters. The molecule has 0 aromatic rings. The number of ether oxygens (including phenoxy) is 4. The van der Waals surface area contributed by atoms with Crippen LogP contribution in [0, 0.1) is 11.8 Å². The van der Waals surface area contributed by atoms with Crippen LogP contribution in [0.15, 0.2) is 0 Å². The summed E-state index contributed by atoms with van der Waals surface area (Å²) in [7, 11) is 0. The summed E-state index contributed by atoms with van der Waals surface area (Å²) >= 11 is 0. The van der Waals surface area contributed by atoms with E-state index in [9.17, 15) is 19.2 Å². The number of hydrogen-bond acceptors (Lipinski definition) is 8. The second-order valence-electron chi connectivity index (χ2n) is 8.03. The number of aliphatic carboxylic acids is 1. The molecule has 35 heavy (non-hydrogen) atoms. The van der Waals surface area contributed by atoms with Crippen molar-refractivity contribution in [3.05, 3.63) is 0 Å². The van der Waals surface area contributed by atoms with Crippen molar-refractivity contribution in [2.75, 3.05) is 59.4 Å². The van der Waals surface area contributed by atoms with E-state index in [0.717, 1.165) is 0 Å². The predicted molar refractivity (Wildman–Crippen MR) is 132 cm³/mol. The molecule has 0 saturated heterocycles. The van der Waals surface area contributed by atoms with Gasteiger partial charge < -0.3 is 29.4 Å². The van der Waals surface area contributed by atoms with Crippen LogP contribution in [0.25, 0.3) is 0 Å². The van der Waals surface area contributed by atoms with Crippen molar-refractivity contribution in [1.82, 2.24) is 5.32 Å². The molecule has 1 amide bonds. The van der Waals surface area contributed by atoms with Crippen LogP contribution >= 0.6 is 0 Å². The average molecular weight is 506 g/mol. The highest BCUT2D eigenvalue weighted by Crippen LogP contribution is 2.15. The van der Waals surface area contributed by atoms with Crippen LogP contribution in [-0.2, 0) is 38.1 Å². The molecule has 10 heteroatoms. The molecule has 0 bridgehead atoms. The van der Waals surface area contributed by atoms with Crippen LogP contribution in [0.5, 0.6) is 0 Å². The molecule has 0 saturated carbocycles. The van der Waals surface area contributed by atoms with Crippen molar-refractivity contribution in [1.29, 1.82) is 0 Å². The Bertz CT molecular complexity index is 567. The third-order valence-corrected chi connectivity index (χ3v) is 4.70. The Labute approximate surface area is 210 Å². The van der Waals surface area contributed by atoms with Crippen LogP contribution in [-0.4, -0.2) is 87.9 Å². The SMILES string of the molecule is CC.CC(=O)CCOCCOCCOCCOCCCC(=O)CCNC(=O)C(CC(=O)O)C(C)C. The quantitative estimate of drug-likeness (QED) is 0.201. The monoisotopic (exact) mass is 505 g/mol. The normalized spacial score (nSPS) is 11.5. The number of amides is 1. The van der Waals surface area contributed by atoms with Gasteiger partial charge in [-0.3, -0.25) is 19.2 Å². The molecule has 206 valence electrons. The molecular weight excluding hydrogens is 458 g/mol. The van der Waals surface area contributed by atoms with Crippen LogP contribution < -0.4 is 5.32 Å². The Morgan fingerprint density at radius 3 is 1.69 bits per heavy atom. The summed E-state index contributed by atoms with van der Waals surface area (Å²) in [5, 5.41) is 11.5. The minimum Gasteiger partial charge on any atom is -0.481 e. The van der Waals surface area contributed by atoms with Gasteiger partial charge in [0.25, 0.3) is 0 Å². The first-order chi connectivity index (χ1) is 16.7. The number of nitrogens with one attached hydrogen (secondary N) is 1. The zero-order valence-corrected chi connectivity index (χ0v) is 22.3. The van der Waals surface area contributed by atoms with Crippen LogP contribution in [0.1, 0.15) is 66.7 Å². The molecule has 0 heterocycles. The first-order valence-corrected chi connectivity index (χ1v) is 12.6. The van der Waals surface area contributed by atoms with Crippen molar-refractivity contribution >= 4 is 23.4 Å². The van der Waals surface area contributed by atoms with E-state index >= 15 is 0 Å². The molecule has 0 aliphatic rings. The van der Waals surface area contributed by atoms with E-state index in [2.05, 4.69) is 5.32 Å². The summed E-state index contributed by atoms with van der Waals surface area (Å²) < 4.78 is 21.4. The van der Waals surface area contributed by atoms with Gasteiger partial charge in [-0.05, 0) is 19.3 Å². The Hall–Kier alpha value is -1.88. The molecular formula is C25H47NO9. The largest absolute Gasteiger partial charge is 0.481 e. The topological polar surface area (TPSA) is 137 Å². The molecule has 1 atom stereocenters. The number of Topliss-reactive ketones (excluding diaryl/α,β-unsaturated/α-hetero) is 2. The maximum absolute atomic E-state index is 12.1. The van der Waals surface area contributed by atoms with Gasteiger partial charge in [0, 0.05) is 32.4 Å². The van der Waals surface area contributed by atoms with Gasteiger partial charge in [-0.15, -0.1) is 0 Å². The van der Waals surface area contributed by atoms with E-state index in [0.29, 0.717) is 72.1 Å². The summed E-state index contributed by atoms with van der Waals surface area (Å²) in [6.07, 6.45) is 1.37. The highest BCUT2D eigenvalue weighted by atomic mass is 16.6. The van der Waals surface area contributed by atoms with Crippen molar-refractivity contribution in [2.45, 2.75) is 66.7 Å². The van der Waals surface area contributed by atoms with E-state index in [1.54, 1.807) is 13.8 Å². The molecule has 0 aromatic heterocycles. The summed E-state index contributed by atoms with van der Waals surface area (Å²) in [6.45, 7) is 12.9. The highest BCUT2D eigenvalue weighted by Gasteiger charge is 2.24. The van der Waals surface area contributed by atoms with E-state index in [1.165, 1.54) is 6.92 Å². The van der Waals surface area contributed by atoms with Gasteiger partial charge in [-0.25, -0.2) is 0 Å². The zero-order chi connectivity index (χ0) is 26.9. The average Bonchev–Trinajstić information content (AvgIpc) is 2.80. The van der Waals surface area contributed by atoms with Gasteiger partial charge in [0.2, 0.25) is 5.91 Å². The van der Waals surface area contributed by atoms with Crippen LogP contribution in [0.4, 0.5) is 0 Å². The predicted octanol–water partition coefficient (Wildman–Crippen LogP) is 2.66. The standard InChI is InChI=1S/C23H41NO9.C2H6/c1-18(2)21(17-22(27)28)23(29)24-8-6-20(26)5-4-9-30-11-13-32-15-16-33-14-12-31-10-7-19(3)25;1-2/h18,21H,4-17H2,1-3H3,(H,24,29)(H,27,28);1-2H3. The molecule has 0 rings (SSSR count). The van der Waals surface area contributed by atoms with Gasteiger partial charge in [0.05, 0.1) is 58.6 Å². The van der Waals surface area contributed by atoms with Crippen molar-refractivity contribution < 1.29 is 43.2 Å². The number of hydrogen-bond donors (Lipinski definition) is 2. The summed E-state index contributed by atoms with van der Waals surface area (Å²) in [5.41, 5.74) is 0. The zero-order valence-electron chi connectivity index (χ0n) is 22.3. The third-order valence-electron chi connectivity index (χ3n) is 4.70. The van der Waals surface area contributed by atoms with Crippen molar-refractivity contribution in [3.63, 3.8) is 0 Å². The van der Waals surface area contributed by atoms with Crippen LogP contribution in [0.2, 0.25) is 0 Å². The minimum atomic E-state index is -1.01. The van der Waals surface area contributed by atoms with Gasteiger partial charge in [-0.1, -0.05) is 27.7 Å². The second-order valence-corrected chi connectivity index (χ2v) is 8.03. The van der Waals surface area contributed by atoms with Gasteiger partial charge in [0.1, 0.15) is 11.6 Å². The molecule has 0 fully saturated rings. The molecule has 0 aliphatic carbocycles. The van der Waals surface area contributed by atoms with Crippen LogP contribution in [0.3, 0.4) is 0 Å². The molecule has 0 aliphatic heterocycles. The first-order valence-electron chi connectivity index (χ1n) is 12.6. The maximum Gasteiger partial charge on any atom is 0.304 e. The Balaban J connectivity index is 0. The number of carbonyl (C=O) groups excluding carboxylic acids is 3. The molecule has 10 nitrogen and oxygen atoms in total. The van der Waals surface area contributed by atoms with E-state index in [1.807, 2.05) is 13.8 Å². The fraction of sp³-hybridized carbons (Fsp3) is 0.840. The lowest BCUT2D eigenvalue weighted by atomic mass is 9.91. The minimum absolute atomic E-state index is 0.0249. The van der Waals surface area contributed by atoms with E-state index < -0.39 is 11.9 Å². The summed E-state index contributed by atoms with van der Waals surface area (Å²) in [6, 6.07) is 0. The highest BCUT2D eigenvalue weighted by molar-refractivity contribution is 5.84. The number of carboxylic acid groups (broad SMARTS) is 1. The summed E-state index contributed by atoms with van der Waals surface area (Å²) in [4.78, 5) is 45.6. The summed E-state index contributed by atoms with van der Waals surface area (Å²) in [5.74, 6) is -1.90. The smallest absolute Gasteiger partial charge is 0.304 e. The van der Waals surface area contributed by atoms with E-state index in [4.69, 9.17) is 24.1 Å². The Morgan fingerprint density at radius 1 is 0.743 bits per heavy atom. The van der Waals surface area contributed by atoms with Gasteiger partial charge in [0.15, 0.2) is 0 Å². The first kappa shape index (κ1) is 35.3. The Morgan fingerprint density at radius 2 is 1.23 bits per heavy atom. The van der Waals surface area contributed by atoms with Gasteiger partial charge >= 0.3 is 5.97 Å². The lowest BCUT2D eigenvalue weighted by Gasteiger charge is -2.18. The number of rotatable bonds is 23. The fourth-order valence-corrected chi connectivity index (χ4v) is 2.75. The van der Waals surface area contributed by atoms with Crippen molar-refractivity contribution in [2.24, 2.45) is 11.8 Å². The third kappa shape index (κ3) is 25.0. The molecule has 0 spiro atoms. The number of ketones is 2. The van der Waals surface area contributed by atoms with Crippen molar-refractivity contribution in [3.8, 4) is 0 Å². The number of carboxylic acids is 1. The fourth-order valence-electron chi connectivity index (χ4n) is 2.75. The van der Waals surface area contributed by atoms with E-state index in [-0.39, 0.29) is 42.8 Å². The molecule has 2 N–H and O–H groups in total. The lowest BCUT2D eigenvalue weighted by molar-refractivity contribution is -0.142.